The zero-order valence-electron chi connectivity index (χ0n) is 30.6. The van der Waals surface area contributed by atoms with Crippen LogP contribution in [0.4, 0.5) is 0 Å². The fourth-order valence-corrected chi connectivity index (χ4v) is 12.0. The minimum Gasteiger partial charge on any atom is -0.0839 e. The van der Waals surface area contributed by atoms with Crippen molar-refractivity contribution in [3.63, 3.8) is 0 Å². The Balaban J connectivity index is 1.01. The van der Waals surface area contributed by atoms with E-state index in [4.69, 9.17) is 0 Å². The molecular weight excluding hydrogens is 661 g/mol. The molecule has 0 bridgehead atoms. The van der Waals surface area contributed by atoms with Crippen molar-refractivity contribution in [2.24, 2.45) is 0 Å². The lowest BCUT2D eigenvalue weighted by Crippen LogP contribution is -2.36. The molecule has 10 aromatic rings. The normalized spacial score (nSPS) is 17.6. The van der Waals surface area contributed by atoms with Gasteiger partial charge in [-0.1, -0.05) is 153 Å². The molecule has 10 aromatic carbocycles. The Morgan fingerprint density at radius 1 is 0.455 bits per heavy atom. The lowest BCUT2D eigenvalue weighted by Gasteiger charge is -2.41. The lowest BCUT2D eigenvalue weighted by molar-refractivity contribution is 0.507. The Morgan fingerprint density at radius 2 is 1.11 bits per heavy atom. The molecule has 55 heavy (non-hydrogen) atoms. The molecule has 0 spiro atoms. The second kappa shape index (κ2) is 9.78. The second-order valence-electron chi connectivity index (χ2n) is 16.7. The van der Waals surface area contributed by atoms with Gasteiger partial charge in [-0.15, -0.1) is 0 Å². The van der Waals surface area contributed by atoms with Crippen LogP contribution in [0, 0.1) is 0 Å². The molecule has 1 atom stereocenters. The summed E-state index contributed by atoms with van der Waals surface area (Å²) in [6, 6.07) is 53.7. The molecule has 14 rings (SSSR count). The van der Waals surface area contributed by atoms with Crippen LogP contribution in [0.5, 0.6) is 0 Å². The first-order valence-electron chi connectivity index (χ1n) is 20.0. The van der Waals surface area contributed by atoms with Gasteiger partial charge in [-0.2, -0.15) is 0 Å². The number of rotatable bonds is 2. The Hall–Kier alpha value is -6.50. The molecule has 0 aromatic heterocycles. The summed E-state index contributed by atoms with van der Waals surface area (Å²) >= 11 is 0. The summed E-state index contributed by atoms with van der Waals surface area (Å²) in [5.74, 6) is 0. The van der Waals surface area contributed by atoms with Crippen LogP contribution < -0.4 is 0 Å². The lowest BCUT2D eigenvalue weighted by atomic mass is 9.61. The van der Waals surface area contributed by atoms with Crippen molar-refractivity contribution in [2.75, 3.05) is 0 Å². The van der Waals surface area contributed by atoms with Gasteiger partial charge in [0.05, 0.1) is 0 Å². The maximum Gasteiger partial charge on any atom is 0.0227 e. The van der Waals surface area contributed by atoms with E-state index in [1.807, 2.05) is 0 Å². The van der Waals surface area contributed by atoms with E-state index < -0.39 is 0 Å². The Morgan fingerprint density at radius 3 is 1.96 bits per heavy atom. The molecule has 0 amide bonds. The van der Waals surface area contributed by atoms with Crippen LogP contribution in [0.25, 0.3) is 115 Å². The topological polar surface area (TPSA) is 0 Å². The van der Waals surface area contributed by atoms with Crippen LogP contribution in [0.1, 0.15) is 36.5 Å². The van der Waals surface area contributed by atoms with Crippen LogP contribution in [0.2, 0.25) is 0 Å². The van der Waals surface area contributed by atoms with Gasteiger partial charge in [0.25, 0.3) is 0 Å². The third kappa shape index (κ3) is 3.34. The van der Waals surface area contributed by atoms with Crippen molar-refractivity contribution in [3.05, 3.63) is 174 Å². The minimum atomic E-state index is 0.180. The van der Waals surface area contributed by atoms with Crippen molar-refractivity contribution >= 4 is 70.2 Å². The first-order valence-corrected chi connectivity index (χ1v) is 20.0. The molecule has 0 heteroatoms. The molecule has 254 valence electrons. The van der Waals surface area contributed by atoms with Crippen LogP contribution >= 0.6 is 0 Å². The SMILES string of the molecule is CC12Cc3c(-c4ccc5c(c4)-c4cccc6c(-c7ccc8c9cccc%10cccc(c%11cccc7c%118)c%109)c7ccccc7c-5c46)ccc(c31)C1=C2C=CCC1. The molecule has 1 unspecified atom stereocenters. The summed E-state index contributed by atoms with van der Waals surface area (Å²) in [5, 5.41) is 16.1. The molecule has 0 saturated heterocycles. The Labute approximate surface area is 319 Å². The van der Waals surface area contributed by atoms with Gasteiger partial charge >= 0.3 is 0 Å². The Bertz CT molecular complexity index is 3460. The zero-order valence-corrected chi connectivity index (χ0v) is 30.6. The number of allylic oxidation sites excluding steroid dienone is 4. The fourth-order valence-electron chi connectivity index (χ4n) is 12.0. The third-order valence-corrected chi connectivity index (χ3v) is 14.2. The van der Waals surface area contributed by atoms with E-state index >= 15 is 0 Å². The molecule has 0 radical (unpaired) electrons. The average molecular weight is 695 g/mol. The van der Waals surface area contributed by atoms with Gasteiger partial charge in [-0.25, -0.2) is 0 Å². The summed E-state index contributed by atoms with van der Waals surface area (Å²) in [7, 11) is 0. The predicted octanol–water partition coefficient (Wildman–Crippen LogP) is 15.0. The number of benzene rings is 10. The monoisotopic (exact) mass is 694 g/mol. The molecular formula is C55H34. The van der Waals surface area contributed by atoms with Gasteiger partial charge in [-0.05, 0) is 162 Å². The minimum absolute atomic E-state index is 0.180. The maximum absolute atomic E-state index is 2.51. The van der Waals surface area contributed by atoms with Gasteiger partial charge in [0, 0.05) is 5.41 Å². The van der Waals surface area contributed by atoms with Crippen molar-refractivity contribution in [1.29, 1.82) is 0 Å². The number of hydrogen-bond donors (Lipinski definition) is 0. The number of hydrogen-bond acceptors (Lipinski definition) is 0. The molecule has 0 saturated carbocycles. The van der Waals surface area contributed by atoms with E-state index in [9.17, 15) is 0 Å². The highest BCUT2D eigenvalue weighted by Gasteiger charge is 2.50. The first-order chi connectivity index (χ1) is 27.2. The second-order valence-corrected chi connectivity index (χ2v) is 16.7. The van der Waals surface area contributed by atoms with Gasteiger partial charge in [0.15, 0.2) is 0 Å². The molecule has 0 nitrogen and oxygen atoms in total. The van der Waals surface area contributed by atoms with Gasteiger partial charge in [0.2, 0.25) is 0 Å². The van der Waals surface area contributed by atoms with Crippen molar-refractivity contribution in [3.8, 4) is 44.5 Å². The van der Waals surface area contributed by atoms with E-state index in [-0.39, 0.29) is 5.41 Å². The highest BCUT2D eigenvalue weighted by Crippen LogP contribution is 2.61. The molecule has 4 aliphatic carbocycles. The summed E-state index contributed by atoms with van der Waals surface area (Å²) in [5.41, 5.74) is 18.9. The van der Waals surface area contributed by atoms with E-state index in [1.165, 1.54) is 121 Å². The smallest absolute Gasteiger partial charge is 0.0227 e. The van der Waals surface area contributed by atoms with Crippen LogP contribution in [0.15, 0.2) is 157 Å². The van der Waals surface area contributed by atoms with Crippen LogP contribution in [-0.2, 0) is 11.8 Å². The fraction of sp³-hybridized carbons (Fsp3) is 0.0909. The van der Waals surface area contributed by atoms with Gasteiger partial charge in [0.1, 0.15) is 0 Å². The summed E-state index contributed by atoms with van der Waals surface area (Å²) in [6.07, 6.45) is 8.28. The van der Waals surface area contributed by atoms with E-state index in [0.717, 1.165) is 12.8 Å². The molecule has 4 aliphatic rings. The van der Waals surface area contributed by atoms with Crippen LogP contribution in [-0.4, -0.2) is 0 Å². The average Bonchev–Trinajstić information content (AvgIpc) is 3.68. The van der Waals surface area contributed by atoms with E-state index in [1.54, 1.807) is 22.3 Å². The maximum atomic E-state index is 2.51. The summed E-state index contributed by atoms with van der Waals surface area (Å²) in [6.45, 7) is 2.48. The van der Waals surface area contributed by atoms with E-state index in [2.05, 4.69) is 159 Å². The van der Waals surface area contributed by atoms with Crippen molar-refractivity contribution in [2.45, 2.75) is 31.6 Å². The quantitative estimate of drug-likeness (QED) is 0.125. The van der Waals surface area contributed by atoms with Gasteiger partial charge in [-0.3, -0.25) is 0 Å². The summed E-state index contributed by atoms with van der Waals surface area (Å²) < 4.78 is 0. The molecule has 0 fully saturated rings. The zero-order chi connectivity index (χ0) is 35.7. The van der Waals surface area contributed by atoms with E-state index in [0.29, 0.717) is 0 Å². The largest absolute Gasteiger partial charge is 0.0839 e. The highest BCUT2D eigenvalue weighted by molar-refractivity contribution is 6.36. The molecule has 0 aliphatic heterocycles. The predicted molar refractivity (Wildman–Crippen MR) is 234 cm³/mol. The van der Waals surface area contributed by atoms with Crippen molar-refractivity contribution in [1.82, 2.24) is 0 Å². The van der Waals surface area contributed by atoms with Gasteiger partial charge < -0.3 is 0 Å². The third-order valence-electron chi connectivity index (χ3n) is 14.2. The standard InChI is InChI=1S/C55H34/c1-55-29-47-32(24-27-44(54(47)55)33-12-4-5-21-48(33)55)31-22-23-43-46(28-31)40-19-9-20-45-51(36-13-2-3-14-39(36)52(43)53(40)45)42-26-25-41-35-16-7-11-30-10-6-15-34(49(30)35)37-17-8-18-38(42)50(37)41/h2-3,5-11,13-28H,4,12,29H2,1H3. The van der Waals surface area contributed by atoms with Crippen LogP contribution in [0.3, 0.4) is 0 Å². The highest BCUT2D eigenvalue weighted by atomic mass is 14.5. The summed E-state index contributed by atoms with van der Waals surface area (Å²) in [4.78, 5) is 0. The Kier molecular flexibility index (Phi) is 5.14. The first kappa shape index (κ1) is 28.9. The molecule has 0 heterocycles. The van der Waals surface area contributed by atoms with Crippen molar-refractivity contribution < 1.29 is 0 Å². The number of fused-ring (bicyclic) bond motifs is 9. The molecule has 0 N–H and O–H groups in total.